The number of ether oxygens (including phenoxy) is 1. The summed E-state index contributed by atoms with van der Waals surface area (Å²) in [4.78, 5) is 27.2. The molecule has 2 unspecified atom stereocenters. The zero-order valence-corrected chi connectivity index (χ0v) is 15.2. The molecule has 1 aliphatic heterocycles. The third kappa shape index (κ3) is 4.99. The molecule has 1 aliphatic rings. The van der Waals surface area contributed by atoms with Crippen molar-refractivity contribution in [1.82, 2.24) is 9.80 Å². The number of hydrogen-bond donors (Lipinski definition) is 0. The molecule has 0 aliphatic carbocycles. The molecule has 1 saturated heterocycles. The number of amides is 1. The number of nitro benzene ring substituents is 1. The lowest BCUT2D eigenvalue weighted by Gasteiger charge is -2.37. The topological polar surface area (TPSA) is 75.9 Å². The lowest BCUT2D eigenvalue weighted by atomic mass is 9.94. The molecule has 1 amide bonds. The van der Waals surface area contributed by atoms with Crippen molar-refractivity contribution < 1.29 is 14.5 Å². The van der Waals surface area contributed by atoms with Crippen LogP contribution in [0.15, 0.2) is 24.3 Å². The van der Waals surface area contributed by atoms with E-state index in [9.17, 15) is 14.9 Å². The number of carbonyl (C=O) groups excluding carboxylic acids is 1. The summed E-state index contributed by atoms with van der Waals surface area (Å²) >= 11 is 0. The van der Waals surface area contributed by atoms with E-state index in [0.717, 1.165) is 24.9 Å². The predicted molar refractivity (Wildman–Crippen MR) is 95.3 cm³/mol. The van der Waals surface area contributed by atoms with Crippen LogP contribution in [0.2, 0.25) is 0 Å². The third-order valence-electron chi connectivity index (χ3n) is 4.92. The van der Waals surface area contributed by atoms with E-state index in [0.29, 0.717) is 19.7 Å². The number of benzene rings is 1. The maximum Gasteiger partial charge on any atom is 0.269 e. The second-order valence-electron chi connectivity index (χ2n) is 6.61. The van der Waals surface area contributed by atoms with Gasteiger partial charge in [-0.25, -0.2) is 0 Å². The minimum atomic E-state index is -0.372. The van der Waals surface area contributed by atoms with Gasteiger partial charge in [0.15, 0.2) is 0 Å². The Labute approximate surface area is 148 Å². The van der Waals surface area contributed by atoms with Gasteiger partial charge in [-0.1, -0.05) is 12.1 Å². The first-order valence-corrected chi connectivity index (χ1v) is 8.66. The lowest BCUT2D eigenvalue weighted by molar-refractivity contribution is -0.385. The van der Waals surface area contributed by atoms with E-state index >= 15 is 0 Å². The fraction of sp³-hybridized carbons (Fsp3) is 0.611. The van der Waals surface area contributed by atoms with Crippen LogP contribution >= 0.6 is 0 Å². The standard InChI is InChI=1S/C18H27N3O4/c1-14(15-6-4-8-17(12-15)21(23)24)20-9-5-7-16(13-20)18(22)19(2)10-11-25-3/h4,6,8,12,14,16H,5,7,9-11,13H2,1-3H3. The van der Waals surface area contributed by atoms with E-state index in [1.165, 1.54) is 6.07 Å². The normalized spacial score (nSPS) is 19.4. The van der Waals surface area contributed by atoms with Crippen LogP contribution in [-0.4, -0.2) is 61.0 Å². The van der Waals surface area contributed by atoms with Crippen molar-refractivity contribution in [2.75, 3.05) is 40.4 Å². The van der Waals surface area contributed by atoms with Crippen LogP contribution in [0, 0.1) is 16.0 Å². The van der Waals surface area contributed by atoms with E-state index in [-0.39, 0.29) is 28.5 Å². The molecule has 1 heterocycles. The highest BCUT2D eigenvalue weighted by Crippen LogP contribution is 2.29. The average molecular weight is 349 g/mol. The van der Waals surface area contributed by atoms with Crippen molar-refractivity contribution in [2.24, 2.45) is 5.92 Å². The zero-order chi connectivity index (χ0) is 18.4. The summed E-state index contributed by atoms with van der Waals surface area (Å²) in [7, 11) is 3.44. The summed E-state index contributed by atoms with van der Waals surface area (Å²) in [5.74, 6) is 0.116. The van der Waals surface area contributed by atoms with Gasteiger partial charge in [-0.3, -0.25) is 19.8 Å². The van der Waals surface area contributed by atoms with E-state index in [4.69, 9.17) is 4.74 Å². The van der Waals surface area contributed by atoms with Crippen molar-refractivity contribution in [1.29, 1.82) is 0 Å². The first-order chi connectivity index (χ1) is 11.9. The summed E-state index contributed by atoms with van der Waals surface area (Å²) in [6.07, 6.45) is 1.84. The van der Waals surface area contributed by atoms with Gasteiger partial charge in [-0.05, 0) is 31.9 Å². The second-order valence-corrected chi connectivity index (χ2v) is 6.61. The minimum Gasteiger partial charge on any atom is -0.383 e. The highest BCUT2D eigenvalue weighted by Gasteiger charge is 2.30. The van der Waals surface area contributed by atoms with Crippen LogP contribution in [-0.2, 0) is 9.53 Å². The van der Waals surface area contributed by atoms with Gasteiger partial charge in [-0.15, -0.1) is 0 Å². The summed E-state index contributed by atoms with van der Waals surface area (Å²) < 4.78 is 5.04. The Hall–Kier alpha value is -1.99. The van der Waals surface area contributed by atoms with E-state index < -0.39 is 0 Å². The second kappa shape index (κ2) is 8.92. The number of hydrogen-bond acceptors (Lipinski definition) is 5. The molecule has 0 aromatic heterocycles. The molecule has 0 saturated carbocycles. The minimum absolute atomic E-state index is 0.0308. The molecule has 0 radical (unpaired) electrons. The number of carbonyl (C=O) groups is 1. The number of non-ortho nitro benzene ring substituents is 1. The molecule has 2 atom stereocenters. The lowest BCUT2D eigenvalue weighted by Crippen LogP contribution is -2.45. The first-order valence-electron chi connectivity index (χ1n) is 8.66. The molecule has 0 bridgehead atoms. The Morgan fingerprint density at radius 1 is 1.52 bits per heavy atom. The number of likely N-dealkylation sites (N-methyl/N-ethyl adjacent to an activating group) is 1. The SMILES string of the molecule is COCCN(C)C(=O)C1CCCN(C(C)c2cccc([N+](=O)[O-])c2)C1. The number of nitro groups is 1. The van der Waals surface area contributed by atoms with Crippen molar-refractivity contribution in [3.63, 3.8) is 0 Å². The van der Waals surface area contributed by atoms with Crippen LogP contribution in [0.25, 0.3) is 0 Å². The van der Waals surface area contributed by atoms with Crippen molar-refractivity contribution in [3.05, 3.63) is 39.9 Å². The van der Waals surface area contributed by atoms with E-state index in [1.54, 1.807) is 24.1 Å². The van der Waals surface area contributed by atoms with Crippen molar-refractivity contribution in [2.45, 2.75) is 25.8 Å². The van der Waals surface area contributed by atoms with Gasteiger partial charge in [-0.2, -0.15) is 0 Å². The van der Waals surface area contributed by atoms with Crippen LogP contribution in [0.1, 0.15) is 31.4 Å². The van der Waals surface area contributed by atoms with Crippen LogP contribution in [0.4, 0.5) is 5.69 Å². The highest BCUT2D eigenvalue weighted by molar-refractivity contribution is 5.78. The largest absolute Gasteiger partial charge is 0.383 e. The van der Waals surface area contributed by atoms with Crippen LogP contribution in [0.3, 0.4) is 0 Å². The summed E-state index contributed by atoms with van der Waals surface area (Å²) in [6, 6.07) is 6.80. The Morgan fingerprint density at radius 2 is 2.28 bits per heavy atom. The average Bonchev–Trinajstić information content (AvgIpc) is 2.65. The van der Waals surface area contributed by atoms with Crippen molar-refractivity contribution >= 4 is 11.6 Å². The number of rotatable bonds is 7. The van der Waals surface area contributed by atoms with Gasteiger partial charge < -0.3 is 9.64 Å². The molecule has 7 heteroatoms. The monoisotopic (exact) mass is 349 g/mol. The van der Waals surface area contributed by atoms with Gasteiger partial charge in [0.05, 0.1) is 17.4 Å². The first kappa shape index (κ1) is 19.3. The van der Waals surface area contributed by atoms with Gasteiger partial charge in [0.25, 0.3) is 5.69 Å². The third-order valence-corrected chi connectivity index (χ3v) is 4.92. The number of likely N-dealkylation sites (tertiary alicyclic amines) is 1. The Kier molecular flexibility index (Phi) is 6.90. The molecule has 1 fully saturated rings. The molecule has 0 spiro atoms. The molecule has 1 aromatic rings. The molecular formula is C18H27N3O4. The zero-order valence-electron chi connectivity index (χ0n) is 15.2. The molecule has 25 heavy (non-hydrogen) atoms. The van der Waals surface area contributed by atoms with Crippen molar-refractivity contribution in [3.8, 4) is 0 Å². The van der Waals surface area contributed by atoms with Crippen LogP contribution in [0.5, 0.6) is 0 Å². The Bertz CT molecular complexity index is 608. The van der Waals surface area contributed by atoms with Gasteiger partial charge in [0, 0.05) is 45.4 Å². The summed E-state index contributed by atoms with van der Waals surface area (Å²) in [5.41, 5.74) is 1.02. The molecule has 0 N–H and O–H groups in total. The molecule has 1 aromatic carbocycles. The fourth-order valence-corrected chi connectivity index (χ4v) is 3.32. The van der Waals surface area contributed by atoms with E-state index in [2.05, 4.69) is 4.90 Å². The molecule has 7 nitrogen and oxygen atoms in total. The molecule has 138 valence electrons. The smallest absolute Gasteiger partial charge is 0.269 e. The number of methoxy groups -OCH3 is 1. The number of piperidine rings is 1. The molecular weight excluding hydrogens is 322 g/mol. The molecule has 2 rings (SSSR count). The number of nitrogens with zero attached hydrogens (tertiary/aromatic N) is 3. The van der Waals surface area contributed by atoms with Gasteiger partial charge >= 0.3 is 0 Å². The maximum absolute atomic E-state index is 12.6. The highest BCUT2D eigenvalue weighted by atomic mass is 16.6. The summed E-state index contributed by atoms with van der Waals surface area (Å²) in [6.45, 7) is 4.74. The fourth-order valence-electron chi connectivity index (χ4n) is 3.32. The van der Waals surface area contributed by atoms with Gasteiger partial charge in [0.1, 0.15) is 0 Å². The van der Waals surface area contributed by atoms with Crippen LogP contribution < -0.4 is 0 Å². The van der Waals surface area contributed by atoms with E-state index in [1.807, 2.05) is 20.0 Å². The Balaban J connectivity index is 2.03. The Morgan fingerprint density at radius 3 is 2.96 bits per heavy atom. The maximum atomic E-state index is 12.6. The predicted octanol–water partition coefficient (Wildman–Crippen LogP) is 2.47. The summed E-state index contributed by atoms with van der Waals surface area (Å²) in [5, 5.41) is 11.0. The van der Waals surface area contributed by atoms with Gasteiger partial charge in [0.2, 0.25) is 5.91 Å². The quantitative estimate of drug-likeness (QED) is 0.558.